The summed E-state index contributed by atoms with van der Waals surface area (Å²) in [4.78, 5) is 16.6. The van der Waals surface area contributed by atoms with E-state index in [0.29, 0.717) is 23.0 Å². The highest BCUT2D eigenvalue weighted by Crippen LogP contribution is 2.26. The van der Waals surface area contributed by atoms with Gasteiger partial charge in [0.15, 0.2) is 5.13 Å². The van der Waals surface area contributed by atoms with E-state index in [1.165, 1.54) is 11.3 Å². The summed E-state index contributed by atoms with van der Waals surface area (Å²) < 4.78 is 5.31. The van der Waals surface area contributed by atoms with Crippen molar-refractivity contribution < 1.29 is 9.53 Å². The number of halogens is 1. The Balaban J connectivity index is 1.59. The molecule has 3 rings (SSSR count). The number of carbonyl (C=O) groups excluding carboxylic acids is 1. The number of thiazole rings is 1. The lowest BCUT2D eigenvalue weighted by Crippen LogP contribution is -2.12. The molecule has 1 amide bonds. The van der Waals surface area contributed by atoms with Crippen LogP contribution >= 0.6 is 22.9 Å². The second-order valence-electron chi connectivity index (χ2n) is 5.40. The van der Waals surface area contributed by atoms with Gasteiger partial charge in [-0.3, -0.25) is 4.79 Å². The number of benzene rings is 2. The van der Waals surface area contributed by atoms with Gasteiger partial charge in [0.2, 0.25) is 5.91 Å². The number of nitrogens with one attached hydrogen (secondary N) is 1. The summed E-state index contributed by atoms with van der Waals surface area (Å²) in [7, 11) is 1.63. The molecule has 0 saturated carbocycles. The van der Waals surface area contributed by atoms with Crippen molar-refractivity contribution in [2.45, 2.75) is 12.8 Å². The summed E-state index contributed by atoms with van der Waals surface area (Å²) in [5.74, 6) is 0.734. The third-order valence-corrected chi connectivity index (χ3v) is 4.71. The average molecular weight is 373 g/mol. The molecule has 0 fully saturated rings. The molecule has 0 radical (unpaired) electrons. The van der Waals surface area contributed by atoms with E-state index in [1.54, 1.807) is 7.11 Å². The summed E-state index contributed by atoms with van der Waals surface area (Å²) >= 11 is 7.30. The highest BCUT2D eigenvalue weighted by Gasteiger charge is 2.10. The smallest absolute Gasteiger partial charge is 0.226 e. The van der Waals surface area contributed by atoms with Gasteiger partial charge in [-0.15, -0.1) is 11.3 Å². The zero-order chi connectivity index (χ0) is 17.6. The maximum atomic E-state index is 12.2. The van der Waals surface area contributed by atoms with Crippen LogP contribution in [0.3, 0.4) is 0 Å². The number of anilines is 1. The number of nitrogens with zero attached hydrogens (tertiary/aromatic N) is 1. The van der Waals surface area contributed by atoms with E-state index in [1.807, 2.05) is 53.9 Å². The molecule has 1 heterocycles. The van der Waals surface area contributed by atoms with Crippen LogP contribution in [0.15, 0.2) is 53.9 Å². The fourth-order valence-corrected chi connectivity index (χ4v) is 3.29. The van der Waals surface area contributed by atoms with Crippen molar-refractivity contribution in [2.24, 2.45) is 0 Å². The van der Waals surface area contributed by atoms with Gasteiger partial charge in [-0.1, -0.05) is 41.9 Å². The van der Waals surface area contributed by atoms with Crippen LogP contribution in [0, 0.1) is 0 Å². The van der Waals surface area contributed by atoms with E-state index in [2.05, 4.69) is 10.3 Å². The lowest BCUT2D eigenvalue weighted by molar-refractivity contribution is -0.116. The van der Waals surface area contributed by atoms with Gasteiger partial charge < -0.3 is 10.1 Å². The minimum Gasteiger partial charge on any atom is -0.496 e. The minimum atomic E-state index is -0.0667. The van der Waals surface area contributed by atoms with E-state index >= 15 is 0 Å². The molecule has 6 heteroatoms. The van der Waals surface area contributed by atoms with Gasteiger partial charge in [0, 0.05) is 22.4 Å². The molecule has 0 spiro atoms. The molecule has 1 N–H and O–H groups in total. The number of aryl methyl sites for hydroxylation is 1. The van der Waals surface area contributed by atoms with Gasteiger partial charge in [0.25, 0.3) is 0 Å². The Labute approximate surface area is 155 Å². The number of para-hydroxylation sites is 1. The van der Waals surface area contributed by atoms with Crippen LogP contribution in [0.25, 0.3) is 11.3 Å². The first-order chi connectivity index (χ1) is 12.2. The van der Waals surface area contributed by atoms with Gasteiger partial charge >= 0.3 is 0 Å². The minimum absolute atomic E-state index is 0.0667. The summed E-state index contributed by atoms with van der Waals surface area (Å²) in [6.45, 7) is 0. The van der Waals surface area contributed by atoms with E-state index in [-0.39, 0.29) is 5.91 Å². The van der Waals surface area contributed by atoms with Crippen molar-refractivity contribution in [1.29, 1.82) is 0 Å². The molecule has 0 aliphatic carbocycles. The summed E-state index contributed by atoms with van der Waals surface area (Å²) in [6.07, 6.45) is 0.988. The number of ether oxygens (including phenoxy) is 1. The third-order valence-electron chi connectivity index (χ3n) is 3.70. The van der Waals surface area contributed by atoms with Crippen LogP contribution in [0.4, 0.5) is 5.13 Å². The number of rotatable bonds is 6. The molecule has 25 heavy (non-hydrogen) atoms. The number of methoxy groups -OCH3 is 1. The lowest BCUT2D eigenvalue weighted by atomic mass is 10.1. The molecule has 0 aliphatic heterocycles. The molecule has 1 aromatic heterocycles. The van der Waals surface area contributed by atoms with Crippen LogP contribution in [-0.2, 0) is 11.2 Å². The molecule has 0 atom stereocenters. The monoisotopic (exact) mass is 372 g/mol. The highest BCUT2D eigenvalue weighted by molar-refractivity contribution is 7.14. The van der Waals surface area contributed by atoms with Crippen molar-refractivity contribution in [3.05, 3.63) is 64.5 Å². The predicted octanol–water partition coefficient (Wildman–Crippen LogP) is 5.04. The third kappa shape index (κ3) is 4.59. The highest BCUT2D eigenvalue weighted by atomic mass is 35.5. The zero-order valence-corrected chi connectivity index (χ0v) is 15.2. The Morgan fingerprint density at radius 1 is 1.20 bits per heavy atom. The van der Waals surface area contributed by atoms with Crippen molar-refractivity contribution in [2.75, 3.05) is 12.4 Å². The Morgan fingerprint density at radius 2 is 1.96 bits per heavy atom. The van der Waals surface area contributed by atoms with Crippen molar-refractivity contribution in [3.63, 3.8) is 0 Å². The molecule has 0 bridgehead atoms. The molecule has 0 aliphatic rings. The summed E-state index contributed by atoms with van der Waals surface area (Å²) in [5.41, 5.74) is 2.80. The SMILES string of the molecule is COc1ccccc1CCC(=O)Nc1nc(-c2ccc(Cl)cc2)cs1. The fraction of sp³-hybridized carbons (Fsp3) is 0.158. The molecule has 2 aromatic carbocycles. The van der Waals surface area contributed by atoms with E-state index in [0.717, 1.165) is 22.6 Å². The van der Waals surface area contributed by atoms with Crippen molar-refractivity contribution in [3.8, 4) is 17.0 Å². The number of hydrogen-bond acceptors (Lipinski definition) is 4. The second-order valence-corrected chi connectivity index (χ2v) is 6.70. The van der Waals surface area contributed by atoms with Crippen LogP contribution < -0.4 is 10.1 Å². The average Bonchev–Trinajstić information content (AvgIpc) is 3.09. The first-order valence-corrected chi connectivity index (χ1v) is 9.04. The number of hydrogen-bond donors (Lipinski definition) is 1. The summed E-state index contributed by atoms with van der Waals surface area (Å²) in [6, 6.07) is 15.2. The van der Waals surface area contributed by atoms with Gasteiger partial charge in [-0.2, -0.15) is 0 Å². The van der Waals surface area contributed by atoms with Crippen LogP contribution in [0.1, 0.15) is 12.0 Å². The first-order valence-electron chi connectivity index (χ1n) is 7.79. The largest absolute Gasteiger partial charge is 0.496 e. The summed E-state index contributed by atoms with van der Waals surface area (Å²) in [5, 5.41) is 6.05. The van der Waals surface area contributed by atoms with Gasteiger partial charge in [-0.05, 0) is 30.2 Å². The van der Waals surface area contributed by atoms with Crippen LogP contribution in [0.5, 0.6) is 5.75 Å². The van der Waals surface area contributed by atoms with E-state index < -0.39 is 0 Å². The molecule has 4 nitrogen and oxygen atoms in total. The number of amides is 1. The normalized spacial score (nSPS) is 10.5. The quantitative estimate of drug-likeness (QED) is 0.659. The van der Waals surface area contributed by atoms with Crippen molar-refractivity contribution >= 4 is 34.0 Å². The second kappa shape index (κ2) is 8.14. The van der Waals surface area contributed by atoms with Crippen molar-refractivity contribution in [1.82, 2.24) is 4.98 Å². The fourth-order valence-electron chi connectivity index (χ4n) is 2.42. The number of carbonyl (C=O) groups is 1. The zero-order valence-electron chi connectivity index (χ0n) is 13.7. The number of aromatic nitrogens is 1. The maximum Gasteiger partial charge on any atom is 0.226 e. The molecular formula is C19H17ClN2O2S. The predicted molar refractivity (Wildman–Crippen MR) is 103 cm³/mol. The van der Waals surface area contributed by atoms with Gasteiger partial charge in [-0.25, -0.2) is 4.98 Å². The van der Waals surface area contributed by atoms with Crippen LogP contribution in [0.2, 0.25) is 5.02 Å². The molecule has 0 saturated heterocycles. The Hall–Kier alpha value is -2.37. The maximum absolute atomic E-state index is 12.2. The Kier molecular flexibility index (Phi) is 5.68. The standard InChI is InChI=1S/C19H17ClN2O2S/c1-24-17-5-3-2-4-14(17)8-11-18(23)22-19-21-16(12-25-19)13-6-9-15(20)10-7-13/h2-7,9-10,12H,8,11H2,1H3,(H,21,22,23). The molecule has 128 valence electrons. The topological polar surface area (TPSA) is 51.2 Å². The molecule has 0 unspecified atom stereocenters. The van der Waals surface area contributed by atoms with Crippen LogP contribution in [-0.4, -0.2) is 18.0 Å². The Morgan fingerprint density at radius 3 is 2.72 bits per heavy atom. The van der Waals surface area contributed by atoms with E-state index in [4.69, 9.17) is 16.3 Å². The van der Waals surface area contributed by atoms with E-state index in [9.17, 15) is 4.79 Å². The molecule has 3 aromatic rings. The van der Waals surface area contributed by atoms with Gasteiger partial charge in [0.05, 0.1) is 12.8 Å². The lowest BCUT2D eigenvalue weighted by Gasteiger charge is -2.07. The van der Waals surface area contributed by atoms with Gasteiger partial charge in [0.1, 0.15) is 5.75 Å². The molecular weight excluding hydrogens is 356 g/mol. The Bertz CT molecular complexity index is 862. The first kappa shape index (κ1) is 17.5.